The topological polar surface area (TPSA) is 97.1 Å². The molecule has 1 amide bonds. The number of aliphatic carboxylic acids is 1. The molecule has 1 aliphatic rings. The summed E-state index contributed by atoms with van der Waals surface area (Å²) < 4.78 is 1.53. The molecule has 120 valence electrons. The van der Waals surface area contributed by atoms with E-state index < -0.39 is 11.9 Å². The lowest BCUT2D eigenvalue weighted by Gasteiger charge is -2.16. The summed E-state index contributed by atoms with van der Waals surface area (Å²) >= 11 is 0. The molecule has 3 rings (SSSR count). The molecule has 1 saturated carbocycles. The third kappa shape index (κ3) is 3.23. The molecule has 0 radical (unpaired) electrons. The van der Waals surface area contributed by atoms with Crippen LogP contribution in [0, 0.1) is 12.8 Å². The maximum atomic E-state index is 12.2. The van der Waals surface area contributed by atoms with Crippen molar-refractivity contribution in [3.05, 3.63) is 41.7 Å². The molecule has 0 spiro atoms. The molecule has 2 N–H and O–H groups in total. The molecule has 1 aliphatic carbocycles. The van der Waals surface area contributed by atoms with Gasteiger partial charge in [-0.1, -0.05) is 29.3 Å². The number of hydrogen-bond donors (Lipinski definition) is 2. The first-order chi connectivity index (χ1) is 11.0. The number of nitrogens with one attached hydrogen (secondary N) is 1. The van der Waals surface area contributed by atoms with Gasteiger partial charge < -0.3 is 10.4 Å². The van der Waals surface area contributed by atoms with Crippen LogP contribution in [0.2, 0.25) is 0 Å². The minimum Gasteiger partial charge on any atom is -0.481 e. The Balaban J connectivity index is 1.71. The average molecular weight is 314 g/mol. The third-order valence-electron chi connectivity index (χ3n) is 4.17. The largest absolute Gasteiger partial charge is 0.481 e. The first kappa shape index (κ1) is 15.2. The van der Waals surface area contributed by atoms with Crippen LogP contribution in [0.3, 0.4) is 0 Å². The van der Waals surface area contributed by atoms with Gasteiger partial charge in [-0.15, -0.1) is 5.10 Å². The van der Waals surface area contributed by atoms with Crippen LogP contribution in [0.1, 0.15) is 35.3 Å². The van der Waals surface area contributed by atoms with E-state index in [2.05, 4.69) is 15.6 Å². The molecular weight excluding hydrogens is 296 g/mol. The highest BCUT2D eigenvalue weighted by Gasteiger charge is 2.34. The molecule has 2 atom stereocenters. The summed E-state index contributed by atoms with van der Waals surface area (Å²) in [7, 11) is 0. The van der Waals surface area contributed by atoms with Gasteiger partial charge in [-0.05, 0) is 31.9 Å². The zero-order valence-corrected chi connectivity index (χ0v) is 12.8. The van der Waals surface area contributed by atoms with Gasteiger partial charge in [0.25, 0.3) is 5.91 Å². The Morgan fingerprint density at radius 2 is 2.00 bits per heavy atom. The Bertz CT molecular complexity index is 723. The zero-order chi connectivity index (χ0) is 16.4. The Morgan fingerprint density at radius 1 is 1.26 bits per heavy atom. The van der Waals surface area contributed by atoms with Crippen LogP contribution in [0.25, 0.3) is 5.69 Å². The van der Waals surface area contributed by atoms with E-state index in [9.17, 15) is 9.59 Å². The van der Waals surface area contributed by atoms with Crippen LogP contribution in [0.5, 0.6) is 0 Å². The number of benzene rings is 1. The van der Waals surface area contributed by atoms with Crippen LogP contribution in [-0.2, 0) is 4.79 Å². The Labute approximate surface area is 133 Å². The molecule has 0 aliphatic heterocycles. The van der Waals surface area contributed by atoms with Crippen molar-refractivity contribution in [3.63, 3.8) is 0 Å². The summed E-state index contributed by atoms with van der Waals surface area (Å²) in [6, 6.07) is 7.34. The average Bonchev–Trinajstić information content (AvgIpc) is 3.16. The first-order valence-electron chi connectivity index (χ1n) is 7.57. The van der Waals surface area contributed by atoms with Crippen molar-refractivity contribution in [2.45, 2.75) is 32.2 Å². The second-order valence-electron chi connectivity index (χ2n) is 5.84. The van der Waals surface area contributed by atoms with Gasteiger partial charge in [0, 0.05) is 6.04 Å². The first-order valence-corrected chi connectivity index (χ1v) is 7.57. The number of carboxylic acids is 1. The normalized spacial score (nSPS) is 20.4. The molecule has 1 heterocycles. The molecule has 1 aromatic carbocycles. The minimum atomic E-state index is -0.865. The van der Waals surface area contributed by atoms with Crippen LogP contribution in [0.4, 0.5) is 0 Å². The van der Waals surface area contributed by atoms with Crippen molar-refractivity contribution >= 4 is 11.9 Å². The van der Waals surface area contributed by atoms with Crippen molar-refractivity contribution in [2.75, 3.05) is 0 Å². The van der Waals surface area contributed by atoms with Crippen LogP contribution in [-0.4, -0.2) is 38.0 Å². The Morgan fingerprint density at radius 3 is 2.70 bits per heavy atom. The molecular formula is C16H18N4O3. The highest BCUT2D eigenvalue weighted by atomic mass is 16.4. The summed E-state index contributed by atoms with van der Waals surface area (Å²) in [6.07, 6.45) is 3.62. The monoisotopic (exact) mass is 314 g/mol. The Kier molecular flexibility index (Phi) is 4.10. The molecule has 0 saturated heterocycles. The van der Waals surface area contributed by atoms with Gasteiger partial charge in [0.15, 0.2) is 5.69 Å². The summed E-state index contributed by atoms with van der Waals surface area (Å²) in [5.74, 6) is -1.77. The number of rotatable bonds is 4. The highest BCUT2D eigenvalue weighted by Crippen LogP contribution is 2.26. The molecule has 0 unspecified atom stereocenters. The van der Waals surface area contributed by atoms with Crippen molar-refractivity contribution in [1.29, 1.82) is 0 Å². The van der Waals surface area contributed by atoms with E-state index in [1.54, 1.807) is 6.20 Å². The second kappa shape index (κ2) is 6.20. The molecule has 1 aromatic heterocycles. The lowest BCUT2D eigenvalue weighted by Crippen LogP contribution is -2.40. The predicted molar refractivity (Wildman–Crippen MR) is 82.3 cm³/mol. The molecule has 7 nitrogen and oxygen atoms in total. The van der Waals surface area contributed by atoms with Crippen LogP contribution >= 0.6 is 0 Å². The molecule has 7 heteroatoms. The lowest BCUT2D eigenvalue weighted by atomic mass is 10.0. The molecule has 0 bridgehead atoms. The summed E-state index contributed by atoms with van der Waals surface area (Å²) in [4.78, 5) is 23.4. The zero-order valence-electron chi connectivity index (χ0n) is 12.8. The van der Waals surface area contributed by atoms with Gasteiger partial charge in [-0.2, -0.15) is 0 Å². The van der Waals surface area contributed by atoms with Crippen molar-refractivity contribution in [2.24, 2.45) is 5.92 Å². The minimum absolute atomic E-state index is 0.182. The highest BCUT2D eigenvalue weighted by molar-refractivity contribution is 5.92. The summed E-state index contributed by atoms with van der Waals surface area (Å²) in [5.41, 5.74) is 2.13. The van der Waals surface area contributed by atoms with Gasteiger partial charge in [0.2, 0.25) is 0 Å². The van der Waals surface area contributed by atoms with Gasteiger partial charge in [-0.25, -0.2) is 4.68 Å². The number of nitrogens with zero attached hydrogens (tertiary/aromatic N) is 3. The van der Waals surface area contributed by atoms with E-state index in [0.717, 1.165) is 17.7 Å². The molecule has 1 fully saturated rings. The van der Waals surface area contributed by atoms with E-state index in [1.807, 2.05) is 31.2 Å². The van der Waals surface area contributed by atoms with E-state index in [0.29, 0.717) is 12.8 Å². The number of amides is 1. The van der Waals surface area contributed by atoms with Gasteiger partial charge in [0.05, 0.1) is 17.8 Å². The van der Waals surface area contributed by atoms with E-state index in [4.69, 9.17) is 5.11 Å². The fourth-order valence-corrected chi connectivity index (χ4v) is 2.86. The fraction of sp³-hybridized carbons (Fsp3) is 0.375. The summed E-state index contributed by atoms with van der Waals surface area (Å²) in [5, 5.41) is 19.8. The number of carbonyl (C=O) groups excluding carboxylic acids is 1. The van der Waals surface area contributed by atoms with Gasteiger partial charge in [0.1, 0.15) is 0 Å². The quantitative estimate of drug-likeness (QED) is 0.892. The second-order valence-corrected chi connectivity index (χ2v) is 5.84. The van der Waals surface area contributed by atoms with Gasteiger partial charge >= 0.3 is 5.97 Å². The number of hydrogen-bond acceptors (Lipinski definition) is 4. The standard InChI is InChI=1S/C16H18N4O3/c1-10-5-7-11(8-6-10)20-9-14(18-19-20)15(21)17-13-4-2-3-12(13)16(22)23/h5-9,12-13H,2-4H2,1H3,(H,17,21)(H,22,23)/t12-,13+/m0/s1. The smallest absolute Gasteiger partial charge is 0.308 e. The van der Waals surface area contributed by atoms with Crippen LogP contribution in [0.15, 0.2) is 30.5 Å². The van der Waals surface area contributed by atoms with Crippen LogP contribution < -0.4 is 5.32 Å². The number of carboxylic acid groups (broad SMARTS) is 1. The summed E-state index contributed by atoms with van der Waals surface area (Å²) in [6.45, 7) is 1.99. The Hall–Kier alpha value is -2.70. The molecule has 2 aromatic rings. The maximum absolute atomic E-state index is 12.2. The maximum Gasteiger partial charge on any atom is 0.308 e. The molecule has 23 heavy (non-hydrogen) atoms. The lowest BCUT2D eigenvalue weighted by molar-refractivity contribution is -0.142. The predicted octanol–water partition coefficient (Wildman–Crippen LogP) is 1.56. The third-order valence-corrected chi connectivity index (χ3v) is 4.17. The number of aromatic nitrogens is 3. The van der Waals surface area contributed by atoms with Gasteiger partial charge in [-0.3, -0.25) is 9.59 Å². The van der Waals surface area contributed by atoms with Crippen molar-refractivity contribution in [3.8, 4) is 5.69 Å². The number of carbonyl (C=O) groups is 2. The van der Waals surface area contributed by atoms with E-state index >= 15 is 0 Å². The SMILES string of the molecule is Cc1ccc(-n2cc(C(=O)N[C@@H]3CCC[C@@H]3C(=O)O)nn2)cc1. The fourth-order valence-electron chi connectivity index (χ4n) is 2.86. The van der Waals surface area contributed by atoms with Crippen molar-refractivity contribution < 1.29 is 14.7 Å². The number of aryl methyl sites for hydroxylation is 1. The van der Waals surface area contributed by atoms with E-state index in [1.165, 1.54) is 4.68 Å². The van der Waals surface area contributed by atoms with E-state index in [-0.39, 0.29) is 17.6 Å². The van der Waals surface area contributed by atoms with Crippen molar-refractivity contribution in [1.82, 2.24) is 20.3 Å².